The van der Waals surface area contributed by atoms with Gasteiger partial charge in [-0.15, -0.1) is 0 Å². The number of carbonyl (C=O) groups is 3. The average Bonchev–Trinajstić information content (AvgIpc) is 2.92. The van der Waals surface area contributed by atoms with E-state index in [-0.39, 0.29) is 42.1 Å². The van der Waals surface area contributed by atoms with Gasteiger partial charge in [-0.1, -0.05) is 63.2 Å². The first-order chi connectivity index (χ1) is 13.8. The minimum atomic E-state index is -0.277. The van der Waals surface area contributed by atoms with Gasteiger partial charge in [-0.3, -0.25) is 19.3 Å². The molecule has 1 atom stereocenters. The Labute approximate surface area is 172 Å². The monoisotopic (exact) mass is 392 g/mol. The van der Waals surface area contributed by atoms with Crippen molar-refractivity contribution in [2.45, 2.75) is 46.1 Å². The summed E-state index contributed by atoms with van der Waals surface area (Å²) >= 11 is 0. The molecule has 5 heteroatoms. The maximum Gasteiger partial charge on any atom is 0.261 e. The smallest absolute Gasteiger partial charge is 0.261 e. The Morgan fingerprint density at radius 2 is 1.48 bits per heavy atom. The molecule has 0 fully saturated rings. The van der Waals surface area contributed by atoms with Gasteiger partial charge in [0.2, 0.25) is 5.91 Å². The van der Waals surface area contributed by atoms with Gasteiger partial charge >= 0.3 is 0 Å². The van der Waals surface area contributed by atoms with Gasteiger partial charge in [-0.25, -0.2) is 0 Å². The Hall–Kier alpha value is -2.95. The lowest BCUT2D eigenvalue weighted by atomic mass is 9.85. The van der Waals surface area contributed by atoms with Crippen molar-refractivity contribution in [1.29, 1.82) is 0 Å². The summed E-state index contributed by atoms with van der Waals surface area (Å²) in [5, 5.41) is 3.13. The number of benzene rings is 2. The summed E-state index contributed by atoms with van der Waals surface area (Å²) in [7, 11) is 0. The number of imide groups is 1. The number of carbonyl (C=O) groups excluding carboxylic acids is 3. The van der Waals surface area contributed by atoms with E-state index in [4.69, 9.17) is 0 Å². The summed E-state index contributed by atoms with van der Waals surface area (Å²) in [6, 6.07) is 16.7. The maximum atomic E-state index is 12.6. The number of nitrogens with one attached hydrogen (secondary N) is 1. The van der Waals surface area contributed by atoms with Crippen LogP contribution in [0.3, 0.4) is 0 Å². The summed E-state index contributed by atoms with van der Waals surface area (Å²) in [4.78, 5) is 38.6. The van der Waals surface area contributed by atoms with Crippen molar-refractivity contribution in [3.63, 3.8) is 0 Å². The normalized spacial score (nSPS) is 14.7. The molecule has 0 saturated heterocycles. The molecule has 0 spiro atoms. The zero-order valence-corrected chi connectivity index (χ0v) is 17.3. The Balaban J connectivity index is 1.56. The van der Waals surface area contributed by atoms with Gasteiger partial charge in [0, 0.05) is 13.0 Å². The molecular formula is C24H28N2O3. The van der Waals surface area contributed by atoms with Crippen LogP contribution in [0.2, 0.25) is 0 Å². The van der Waals surface area contributed by atoms with Crippen LogP contribution in [0.4, 0.5) is 0 Å². The molecule has 0 radical (unpaired) electrons. The van der Waals surface area contributed by atoms with Gasteiger partial charge in [-0.05, 0) is 36.0 Å². The van der Waals surface area contributed by atoms with Crippen LogP contribution >= 0.6 is 0 Å². The van der Waals surface area contributed by atoms with Crippen LogP contribution in [-0.2, 0) is 4.79 Å². The first-order valence-corrected chi connectivity index (χ1v) is 10.1. The number of amides is 3. The Bertz CT molecular complexity index is 865. The number of nitrogens with zero attached hydrogens (tertiary/aromatic N) is 1. The van der Waals surface area contributed by atoms with Crippen molar-refractivity contribution in [2.75, 3.05) is 6.54 Å². The van der Waals surface area contributed by atoms with E-state index in [0.29, 0.717) is 17.5 Å². The molecule has 5 nitrogen and oxygen atoms in total. The van der Waals surface area contributed by atoms with E-state index in [1.54, 1.807) is 24.3 Å². The second-order valence-corrected chi connectivity index (χ2v) is 8.71. The van der Waals surface area contributed by atoms with E-state index >= 15 is 0 Å². The standard InChI is InChI=1S/C24H28N2O3/c1-24(2,3)16-20(17-10-5-4-6-11-17)25-21(27)14-9-15-26-22(28)18-12-7-8-13-19(18)23(26)29/h4-8,10-13,20H,9,14-16H2,1-3H3,(H,25,27). The van der Waals surface area contributed by atoms with Gasteiger partial charge in [-0.2, -0.15) is 0 Å². The zero-order valence-electron chi connectivity index (χ0n) is 17.3. The summed E-state index contributed by atoms with van der Waals surface area (Å²) in [6.45, 7) is 6.70. The van der Waals surface area contributed by atoms with Gasteiger partial charge in [0.15, 0.2) is 0 Å². The third-order valence-corrected chi connectivity index (χ3v) is 5.02. The van der Waals surface area contributed by atoms with E-state index < -0.39 is 0 Å². The molecule has 1 heterocycles. The molecular weight excluding hydrogens is 364 g/mol. The molecule has 0 saturated carbocycles. The van der Waals surface area contributed by atoms with Crippen LogP contribution in [0.1, 0.15) is 72.4 Å². The van der Waals surface area contributed by atoms with E-state index in [1.807, 2.05) is 30.3 Å². The molecule has 3 amide bonds. The molecule has 0 aliphatic carbocycles. The summed E-state index contributed by atoms with van der Waals surface area (Å²) in [5.74, 6) is -0.624. The van der Waals surface area contributed by atoms with Crippen molar-refractivity contribution in [3.8, 4) is 0 Å². The summed E-state index contributed by atoms with van der Waals surface area (Å²) < 4.78 is 0. The third kappa shape index (κ3) is 5.11. The Kier molecular flexibility index (Phi) is 6.16. The van der Waals surface area contributed by atoms with Crippen LogP contribution in [0.25, 0.3) is 0 Å². The lowest BCUT2D eigenvalue weighted by Gasteiger charge is -2.27. The molecule has 152 valence electrons. The minimum absolute atomic E-state index is 0.0634. The molecule has 0 bridgehead atoms. The number of fused-ring (bicyclic) bond motifs is 1. The van der Waals surface area contributed by atoms with Crippen molar-refractivity contribution < 1.29 is 14.4 Å². The molecule has 29 heavy (non-hydrogen) atoms. The highest BCUT2D eigenvalue weighted by molar-refractivity contribution is 6.21. The first kappa shape index (κ1) is 20.8. The predicted molar refractivity (Wildman–Crippen MR) is 112 cm³/mol. The topological polar surface area (TPSA) is 66.5 Å². The van der Waals surface area contributed by atoms with Crippen LogP contribution in [0.5, 0.6) is 0 Å². The minimum Gasteiger partial charge on any atom is -0.349 e. The van der Waals surface area contributed by atoms with Gasteiger partial charge in [0.1, 0.15) is 0 Å². The summed E-state index contributed by atoms with van der Waals surface area (Å²) in [6.07, 6.45) is 1.52. The first-order valence-electron chi connectivity index (χ1n) is 10.1. The lowest BCUT2D eigenvalue weighted by Crippen LogP contribution is -2.33. The van der Waals surface area contributed by atoms with Gasteiger partial charge in [0.25, 0.3) is 11.8 Å². The van der Waals surface area contributed by atoms with E-state index in [0.717, 1.165) is 12.0 Å². The summed E-state index contributed by atoms with van der Waals surface area (Å²) in [5.41, 5.74) is 2.03. The fourth-order valence-corrected chi connectivity index (χ4v) is 3.66. The molecule has 1 aliphatic rings. The number of rotatable bonds is 7. The van der Waals surface area contributed by atoms with Crippen molar-refractivity contribution in [3.05, 3.63) is 71.3 Å². The maximum absolute atomic E-state index is 12.6. The molecule has 3 rings (SSSR count). The van der Waals surface area contributed by atoms with E-state index in [9.17, 15) is 14.4 Å². The van der Waals surface area contributed by atoms with Gasteiger partial charge < -0.3 is 5.32 Å². The predicted octanol–water partition coefficient (Wildman–Crippen LogP) is 4.36. The molecule has 2 aromatic carbocycles. The molecule has 1 unspecified atom stereocenters. The molecule has 1 aliphatic heterocycles. The molecule has 0 aromatic heterocycles. The van der Waals surface area contributed by atoms with Crippen LogP contribution in [0.15, 0.2) is 54.6 Å². The van der Waals surface area contributed by atoms with Crippen LogP contribution in [0, 0.1) is 5.41 Å². The van der Waals surface area contributed by atoms with Crippen molar-refractivity contribution >= 4 is 17.7 Å². The Morgan fingerprint density at radius 1 is 0.931 bits per heavy atom. The fourth-order valence-electron chi connectivity index (χ4n) is 3.66. The quantitative estimate of drug-likeness (QED) is 0.712. The average molecular weight is 392 g/mol. The van der Waals surface area contributed by atoms with Gasteiger partial charge in [0.05, 0.1) is 17.2 Å². The highest BCUT2D eigenvalue weighted by atomic mass is 16.2. The number of hydrogen-bond acceptors (Lipinski definition) is 3. The van der Waals surface area contributed by atoms with Crippen LogP contribution < -0.4 is 5.32 Å². The SMILES string of the molecule is CC(C)(C)CC(NC(=O)CCCN1C(=O)c2ccccc2C1=O)c1ccccc1. The molecule has 2 aromatic rings. The fraction of sp³-hybridized carbons (Fsp3) is 0.375. The second kappa shape index (κ2) is 8.60. The molecule has 1 N–H and O–H groups in total. The highest BCUT2D eigenvalue weighted by Gasteiger charge is 2.34. The van der Waals surface area contributed by atoms with E-state index in [2.05, 4.69) is 26.1 Å². The second-order valence-electron chi connectivity index (χ2n) is 8.71. The van der Waals surface area contributed by atoms with Crippen LogP contribution in [-0.4, -0.2) is 29.2 Å². The zero-order chi connectivity index (χ0) is 21.0. The Morgan fingerprint density at radius 3 is 2.03 bits per heavy atom. The van der Waals surface area contributed by atoms with E-state index in [1.165, 1.54) is 4.90 Å². The third-order valence-electron chi connectivity index (χ3n) is 5.02. The van der Waals surface area contributed by atoms with Crippen molar-refractivity contribution in [1.82, 2.24) is 10.2 Å². The lowest BCUT2D eigenvalue weighted by molar-refractivity contribution is -0.122. The largest absolute Gasteiger partial charge is 0.349 e. The number of hydrogen-bond donors (Lipinski definition) is 1. The highest BCUT2D eigenvalue weighted by Crippen LogP contribution is 2.29. The van der Waals surface area contributed by atoms with Crippen molar-refractivity contribution in [2.24, 2.45) is 5.41 Å².